The number of amides is 1. The largest absolute Gasteiger partial charge is 0.497 e. The Kier molecular flexibility index (Phi) is 3.96. The van der Waals surface area contributed by atoms with E-state index in [1.165, 1.54) is 0 Å². The van der Waals surface area contributed by atoms with Gasteiger partial charge in [-0.05, 0) is 29.7 Å². The number of aromatic nitrogens is 1. The second kappa shape index (κ2) is 6.05. The Morgan fingerprint density at radius 3 is 2.64 bits per heavy atom. The van der Waals surface area contributed by atoms with Gasteiger partial charge in [-0.25, -0.2) is 4.98 Å². The first-order chi connectivity index (χ1) is 10.7. The van der Waals surface area contributed by atoms with E-state index in [9.17, 15) is 4.79 Å². The Morgan fingerprint density at radius 1 is 1.18 bits per heavy atom. The Hall–Kier alpha value is -2.56. The Morgan fingerprint density at radius 2 is 1.95 bits per heavy atom. The molecule has 0 saturated heterocycles. The van der Waals surface area contributed by atoms with Gasteiger partial charge in [-0.2, -0.15) is 0 Å². The number of pyridine rings is 1. The molecule has 0 fully saturated rings. The fourth-order valence-corrected chi connectivity index (χ4v) is 2.62. The summed E-state index contributed by atoms with van der Waals surface area (Å²) in [7, 11) is 3.22. The third-order valence-electron chi connectivity index (χ3n) is 3.87. The quantitative estimate of drug-likeness (QED) is 0.869. The van der Waals surface area contributed by atoms with Gasteiger partial charge in [0, 0.05) is 25.4 Å². The molecular formula is C17H18N2O3. The van der Waals surface area contributed by atoms with Gasteiger partial charge in [-0.1, -0.05) is 12.1 Å². The van der Waals surface area contributed by atoms with Crippen LogP contribution in [0.15, 0.2) is 36.5 Å². The molecule has 1 aromatic heterocycles. The van der Waals surface area contributed by atoms with Gasteiger partial charge < -0.3 is 14.4 Å². The van der Waals surface area contributed by atoms with Gasteiger partial charge in [-0.3, -0.25) is 4.79 Å². The summed E-state index contributed by atoms with van der Waals surface area (Å²) >= 11 is 0. The second-order valence-electron chi connectivity index (χ2n) is 5.21. The number of fused-ring (bicyclic) bond motifs is 1. The number of benzene rings is 1. The van der Waals surface area contributed by atoms with Crippen molar-refractivity contribution in [3.05, 3.63) is 53.2 Å². The molecule has 0 N–H and O–H groups in total. The molecule has 1 aliphatic heterocycles. The molecule has 0 spiro atoms. The van der Waals surface area contributed by atoms with Crippen LogP contribution in [0.25, 0.3) is 0 Å². The van der Waals surface area contributed by atoms with Crippen LogP contribution in [0, 0.1) is 0 Å². The van der Waals surface area contributed by atoms with E-state index >= 15 is 0 Å². The number of carbonyl (C=O) groups is 1. The lowest BCUT2D eigenvalue weighted by Crippen LogP contribution is -2.37. The fourth-order valence-electron chi connectivity index (χ4n) is 2.62. The minimum Gasteiger partial charge on any atom is -0.497 e. The van der Waals surface area contributed by atoms with Gasteiger partial charge in [0.1, 0.15) is 5.75 Å². The zero-order valence-electron chi connectivity index (χ0n) is 12.7. The van der Waals surface area contributed by atoms with E-state index in [0.717, 1.165) is 23.3 Å². The summed E-state index contributed by atoms with van der Waals surface area (Å²) in [6, 6.07) is 9.62. The van der Waals surface area contributed by atoms with E-state index in [1.54, 1.807) is 20.4 Å². The molecule has 0 bridgehead atoms. The van der Waals surface area contributed by atoms with Crippen molar-refractivity contribution in [2.24, 2.45) is 0 Å². The molecule has 0 aliphatic carbocycles. The lowest BCUT2D eigenvalue weighted by molar-refractivity contribution is 0.0726. The summed E-state index contributed by atoms with van der Waals surface area (Å²) in [6.45, 7) is 1.29. The maximum absolute atomic E-state index is 12.6. The highest BCUT2D eigenvalue weighted by Crippen LogP contribution is 2.23. The summed E-state index contributed by atoms with van der Waals surface area (Å²) in [5.74, 6) is 1.39. The maximum Gasteiger partial charge on any atom is 0.256 e. The van der Waals surface area contributed by atoms with Gasteiger partial charge in [0.05, 0.1) is 19.8 Å². The van der Waals surface area contributed by atoms with Gasteiger partial charge in [0.2, 0.25) is 5.88 Å². The maximum atomic E-state index is 12.6. The molecule has 1 aromatic carbocycles. The van der Waals surface area contributed by atoms with Crippen LogP contribution < -0.4 is 9.47 Å². The van der Waals surface area contributed by atoms with Crippen LogP contribution >= 0.6 is 0 Å². The Bertz CT molecular complexity index is 683. The summed E-state index contributed by atoms with van der Waals surface area (Å²) < 4.78 is 10.3. The molecule has 1 amide bonds. The summed E-state index contributed by atoms with van der Waals surface area (Å²) in [6.07, 6.45) is 2.42. The molecule has 2 heterocycles. The molecule has 0 atom stereocenters. The summed E-state index contributed by atoms with van der Waals surface area (Å²) in [5, 5.41) is 0. The van der Waals surface area contributed by atoms with E-state index in [4.69, 9.17) is 9.47 Å². The molecule has 2 aromatic rings. The predicted octanol–water partition coefficient (Wildman–Crippen LogP) is 2.30. The molecule has 3 rings (SSSR count). The lowest BCUT2D eigenvalue weighted by Gasteiger charge is -2.28. The van der Waals surface area contributed by atoms with Crippen LogP contribution in [0.3, 0.4) is 0 Å². The number of rotatable bonds is 4. The molecular weight excluding hydrogens is 280 g/mol. The van der Waals surface area contributed by atoms with Crippen molar-refractivity contribution in [1.29, 1.82) is 0 Å². The van der Waals surface area contributed by atoms with E-state index in [-0.39, 0.29) is 5.91 Å². The smallest absolute Gasteiger partial charge is 0.256 e. The van der Waals surface area contributed by atoms with E-state index in [0.29, 0.717) is 24.5 Å². The second-order valence-corrected chi connectivity index (χ2v) is 5.21. The van der Waals surface area contributed by atoms with Crippen molar-refractivity contribution >= 4 is 5.91 Å². The van der Waals surface area contributed by atoms with Crippen LogP contribution in [0.1, 0.15) is 21.5 Å². The minimum absolute atomic E-state index is 0.0206. The fraction of sp³-hybridized carbons (Fsp3) is 0.294. The summed E-state index contributed by atoms with van der Waals surface area (Å²) in [4.78, 5) is 18.5. The third-order valence-corrected chi connectivity index (χ3v) is 3.87. The third kappa shape index (κ3) is 2.74. The normalized spacial score (nSPS) is 13.7. The Labute approximate surface area is 129 Å². The first-order valence-corrected chi connectivity index (χ1v) is 7.16. The van der Waals surface area contributed by atoms with Crippen molar-refractivity contribution < 1.29 is 14.3 Å². The first-order valence-electron chi connectivity index (χ1n) is 7.16. The number of hydrogen-bond acceptors (Lipinski definition) is 4. The Balaban J connectivity index is 1.77. The lowest BCUT2D eigenvalue weighted by atomic mass is 10.0. The molecule has 5 heteroatoms. The van der Waals surface area contributed by atoms with Gasteiger partial charge in [0.15, 0.2) is 0 Å². The molecule has 0 radical (unpaired) electrons. The minimum atomic E-state index is 0.0206. The highest BCUT2D eigenvalue weighted by molar-refractivity contribution is 5.96. The first kappa shape index (κ1) is 14.4. The van der Waals surface area contributed by atoms with Crippen LogP contribution in [-0.4, -0.2) is 36.6 Å². The number of carbonyl (C=O) groups excluding carboxylic acids is 1. The van der Waals surface area contributed by atoms with Crippen LogP contribution in [0.2, 0.25) is 0 Å². The highest BCUT2D eigenvalue weighted by atomic mass is 16.5. The van der Waals surface area contributed by atoms with Crippen LogP contribution in [-0.2, 0) is 13.0 Å². The monoisotopic (exact) mass is 298 g/mol. The van der Waals surface area contributed by atoms with E-state index in [2.05, 4.69) is 4.98 Å². The van der Waals surface area contributed by atoms with E-state index < -0.39 is 0 Å². The van der Waals surface area contributed by atoms with Crippen LogP contribution in [0.4, 0.5) is 0 Å². The topological polar surface area (TPSA) is 51.7 Å². The van der Waals surface area contributed by atoms with Gasteiger partial charge in [-0.15, -0.1) is 0 Å². The van der Waals surface area contributed by atoms with Crippen molar-refractivity contribution in [3.8, 4) is 11.6 Å². The molecule has 114 valence electrons. The molecule has 5 nitrogen and oxygen atoms in total. The molecule has 1 aliphatic rings. The number of methoxy groups -OCH3 is 2. The zero-order valence-corrected chi connectivity index (χ0v) is 12.7. The zero-order chi connectivity index (χ0) is 15.5. The van der Waals surface area contributed by atoms with Crippen molar-refractivity contribution in [3.63, 3.8) is 0 Å². The highest BCUT2D eigenvalue weighted by Gasteiger charge is 2.25. The van der Waals surface area contributed by atoms with Crippen molar-refractivity contribution in [1.82, 2.24) is 9.88 Å². The summed E-state index contributed by atoms with van der Waals surface area (Å²) in [5.41, 5.74) is 2.75. The number of nitrogens with zero attached hydrogens (tertiary/aromatic N) is 2. The average Bonchev–Trinajstić information content (AvgIpc) is 2.57. The predicted molar refractivity (Wildman–Crippen MR) is 82.2 cm³/mol. The van der Waals surface area contributed by atoms with Crippen LogP contribution in [0.5, 0.6) is 11.6 Å². The number of ether oxygens (including phenoxy) is 2. The van der Waals surface area contributed by atoms with Gasteiger partial charge in [0.25, 0.3) is 5.91 Å². The number of hydrogen-bond donors (Lipinski definition) is 0. The average molecular weight is 298 g/mol. The standard InChI is InChI=1S/C17H18N2O3/c1-21-14-5-3-12(4-6-14)11-19-8-7-13-9-16(22-2)18-10-15(13)17(19)20/h3-6,9-10H,7-8,11H2,1-2H3. The molecule has 0 saturated carbocycles. The van der Waals surface area contributed by atoms with E-state index in [1.807, 2.05) is 35.2 Å². The molecule has 22 heavy (non-hydrogen) atoms. The van der Waals surface area contributed by atoms with Gasteiger partial charge >= 0.3 is 0 Å². The van der Waals surface area contributed by atoms with Crippen molar-refractivity contribution in [2.45, 2.75) is 13.0 Å². The molecule has 0 unspecified atom stereocenters. The SMILES string of the molecule is COc1ccc(CN2CCc3cc(OC)ncc3C2=O)cc1. The van der Waals surface area contributed by atoms with Crippen molar-refractivity contribution in [2.75, 3.05) is 20.8 Å².